The van der Waals surface area contributed by atoms with Crippen LogP contribution in [0.2, 0.25) is 5.15 Å². The van der Waals surface area contributed by atoms with Gasteiger partial charge in [-0.05, 0) is 0 Å². The van der Waals surface area contributed by atoms with Gasteiger partial charge in [0.2, 0.25) is 5.75 Å². The van der Waals surface area contributed by atoms with E-state index in [-0.39, 0.29) is 10.9 Å². The molecule has 0 N–H and O–H groups in total. The minimum atomic E-state index is -5.71. The van der Waals surface area contributed by atoms with Crippen LogP contribution < -0.4 is 9.47 Å². The van der Waals surface area contributed by atoms with E-state index in [0.29, 0.717) is 0 Å². The van der Waals surface area contributed by atoms with Gasteiger partial charge in [-0.3, -0.25) is 0 Å². The number of hydrogen-bond acceptors (Lipinski definition) is 4. The average molecular weight is 293 g/mol. The molecule has 0 spiro atoms. The topological polar surface area (TPSA) is 44.2 Å². The normalized spacial score (nSPS) is 12.4. The fourth-order valence-electron chi connectivity index (χ4n) is 0.853. The summed E-state index contributed by atoms with van der Waals surface area (Å²) in [6.07, 6.45) is -4.87. The molecule has 0 atom stereocenters. The third kappa shape index (κ3) is 3.09. The van der Waals surface area contributed by atoms with E-state index in [0.717, 1.165) is 13.4 Å². The first-order chi connectivity index (χ1) is 8.19. The van der Waals surface area contributed by atoms with Crippen molar-refractivity contribution in [1.82, 2.24) is 9.97 Å². The molecule has 0 radical (unpaired) electrons. The highest BCUT2D eigenvalue weighted by molar-refractivity contribution is 6.31. The summed E-state index contributed by atoms with van der Waals surface area (Å²) in [6.45, 7) is -1.93. The number of nitrogens with zero attached hydrogens (tertiary/aromatic N) is 2. The van der Waals surface area contributed by atoms with Crippen LogP contribution in [0.3, 0.4) is 0 Å². The zero-order valence-corrected chi connectivity index (χ0v) is 9.52. The zero-order chi connectivity index (χ0) is 14.0. The number of methoxy groups -OCH3 is 1. The van der Waals surface area contributed by atoms with Gasteiger partial charge >= 0.3 is 12.1 Å². The maximum Gasteiger partial charge on any atom is 0.456 e. The third-order valence-corrected chi connectivity index (χ3v) is 2.01. The molecule has 0 saturated heterocycles. The Morgan fingerprint density at radius 3 is 2.33 bits per heavy atom. The smallest absolute Gasteiger partial charge is 0.456 e. The summed E-state index contributed by atoms with van der Waals surface area (Å²) in [4.78, 5) is 6.80. The van der Waals surface area contributed by atoms with Gasteiger partial charge in [-0.2, -0.15) is 26.9 Å². The summed E-state index contributed by atoms with van der Waals surface area (Å²) in [7, 11) is 1.11. The van der Waals surface area contributed by atoms with Gasteiger partial charge in [0.1, 0.15) is 6.33 Å². The molecule has 4 nitrogen and oxygen atoms in total. The zero-order valence-electron chi connectivity index (χ0n) is 8.76. The molecule has 0 aliphatic heterocycles. The second-order valence-electron chi connectivity index (χ2n) is 2.99. The van der Waals surface area contributed by atoms with Crippen molar-refractivity contribution in [2.75, 3.05) is 13.7 Å². The van der Waals surface area contributed by atoms with E-state index >= 15 is 0 Å². The minimum Gasteiger partial charge on any atom is -0.489 e. The van der Waals surface area contributed by atoms with Gasteiger partial charge in [0.05, 0.1) is 7.11 Å². The predicted molar refractivity (Wildman–Crippen MR) is 50.1 cm³/mol. The first-order valence-corrected chi connectivity index (χ1v) is 4.68. The predicted octanol–water partition coefficient (Wildman–Crippen LogP) is 2.72. The average Bonchev–Trinajstić information content (AvgIpc) is 2.25. The number of rotatable bonds is 4. The van der Waals surface area contributed by atoms with E-state index in [9.17, 15) is 22.0 Å². The van der Waals surface area contributed by atoms with Gasteiger partial charge in [-0.25, -0.2) is 4.98 Å². The number of hydrogen-bond donors (Lipinski definition) is 0. The molecule has 0 saturated carbocycles. The first kappa shape index (κ1) is 14.7. The van der Waals surface area contributed by atoms with E-state index in [1.165, 1.54) is 0 Å². The van der Waals surface area contributed by atoms with E-state index in [1.807, 2.05) is 0 Å². The van der Waals surface area contributed by atoms with Crippen molar-refractivity contribution in [3.05, 3.63) is 11.5 Å². The Balaban J connectivity index is 2.85. The number of ether oxygens (including phenoxy) is 2. The Morgan fingerprint density at radius 2 is 1.83 bits per heavy atom. The summed E-state index contributed by atoms with van der Waals surface area (Å²) in [5.41, 5.74) is 0. The van der Waals surface area contributed by atoms with Crippen LogP contribution in [0.25, 0.3) is 0 Å². The fraction of sp³-hybridized carbons (Fsp3) is 0.500. The van der Waals surface area contributed by atoms with Crippen molar-refractivity contribution in [3.8, 4) is 11.6 Å². The van der Waals surface area contributed by atoms with Gasteiger partial charge < -0.3 is 9.47 Å². The highest BCUT2D eigenvalue weighted by atomic mass is 35.5. The van der Waals surface area contributed by atoms with Gasteiger partial charge in [-0.15, -0.1) is 0 Å². The number of halogens is 6. The van der Waals surface area contributed by atoms with Crippen LogP contribution in [0.15, 0.2) is 6.33 Å². The molecule has 0 aliphatic carbocycles. The molecule has 1 aromatic rings. The quantitative estimate of drug-likeness (QED) is 0.632. The molecule has 18 heavy (non-hydrogen) atoms. The molecule has 10 heteroatoms. The van der Waals surface area contributed by atoms with Crippen LogP contribution in [0.1, 0.15) is 0 Å². The van der Waals surface area contributed by atoms with E-state index in [1.54, 1.807) is 0 Å². The summed E-state index contributed by atoms with van der Waals surface area (Å²) >= 11 is 5.50. The van der Waals surface area contributed by atoms with Crippen LogP contribution in [-0.4, -0.2) is 35.8 Å². The van der Waals surface area contributed by atoms with Crippen LogP contribution in [0, 0.1) is 0 Å². The maximum atomic E-state index is 12.6. The molecule has 0 aromatic carbocycles. The Hall–Kier alpha value is -1.38. The molecule has 1 rings (SSSR count). The van der Waals surface area contributed by atoms with Crippen molar-refractivity contribution in [1.29, 1.82) is 0 Å². The molecule has 1 heterocycles. The fourth-order valence-corrected chi connectivity index (χ4v) is 1.05. The SMILES string of the molecule is COc1c(Cl)ncnc1OCC(F)(F)C(F)(F)F. The lowest BCUT2D eigenvalue weighted by Crippen LogP contribution is -2.41. The summed E-state index contributed by atoms with van der Waals surface area (Å²) in [6, 6.07) is 0. The van der Waals surface area contributed by atoms with Crippen molar-refractivity contribution < 1.29 is 31.4 Å². The van der Waals surface area contributed by atoms with Crippen molar-refractivity contribution in [2.24, 2.45) is 0 Å². The summed E-state index contributed by atoms with van der Waals surface area (Å²) < 4.78 is 69.7. The van der Waals surface area contributed by atoms with Gasteiger partial charge in [0.15, 0.2) is 11.8 Å². The lowest BCUT2D eigenvalue weighted by molar-refractivity contribution is -0.290. The Labute approximate surface area is 103 Å². The van der Waals surface area contributed by atoms with Gasteiger partial charge in [-0.1, -0.05) is 11.6 Å². The Bertz CT molecular complexity index is 426. The van der Waals surface area contributed by atoms with Crippen LogP contribution in [0.4, 0.5) is 22.0 Å². The maximum absolute atomic E-state index is 12.6. The lowest BCUT2D eigenvalue weighted by Gasteiger charge is -2.19. The molecule has 0 amide bonds. The highest BCUT2D eigenvalue weighted by Crippen LogP contribution is 2.37. The molecular weight excluding hydrogens is 287 g/mol. The minimum absolute atomic E-state index is 0.266. The van der Waals surface area contributed by atoms with E-state index in [4.69, 9.17) is 11.6 Å². The molecule has 102 valence electrons. The Morgan fingerprint density at radius 1 is 1.22 bits per heavy atom. The van der Waals surface area contributed by atoms with Crippen molar-refractivity contribution in [3.63, 3.8) is 0 Å². The molecular formula is C8H6ClF5N2O2. The highest BCUT2D eigenvalue weighted by Gasteiger charge is 2.58. The summed E-state index contributed by atoms with van der Waals surface area (Å²) in [5, 5.41) is -0.266. The van der Waals surface area contributed by atoms with Crippen LogP contribution in [-0.2, 0) is 0 Å². The molecule has 0 unspecified atom stereocenters. The molecule has 0 fully saturated rings. The van der Waals surface area contributed by atoms with Crippen LogP contribution in [0.5, 0.6) is 11.6 Å². The van der Waals surface area contributed by atoms with E-state index < -0.39 is 24.6 Å². The number of alkyl halides is 5. The number of aromatic nitrogens is 2. The van der Waals surface area contributed by atoms with E-state index in [2.05, 4.69) is 19.4 Å². The molecule has 1 aromatic heterocycles. The van der Waals surface area contributed by atoms with Gasteiger partial charge in [0.25, 0.3) is 5.88 Å². The standard InChI is InChI=1S/C8H6ClF5N2O2/c1-17-4-5(9)15-3-16-6(4)18-2-7(10,11)8(12,13)14/h3H,2H2,1H3. The van der Waals surface area contributed by atoms with Gasteiger partial charge in [0, 0.05) is 0 Å². The van der Waals surface area contributed by atoms with Crippen molar-refractivity contribution >= 4 is 11.6 Å². The van der Waals surface area contributed by atoms with Crippen molar-refractivity contribution in [2.45, 2.75) is 12.1 Å². The molecule has 0 aliphatic rings. The second-order valence-corrected chi connectivity index (χ2v) is 3.35. The lowest BCUT2D eigenvalue weighted by atomic mass is 10.3. The summed E-state index contributed by atoms with van der Waals surface area (Å²) in [5.74, 6) is -5.92. The Kier molecular flexibility index (Phi) is 4.15. The molecule has 0 bridgehead atoms. The first-order valence-electron chi connectivity index (χ1n) is 4.31. The monoisotopic (exact) mass is 292 g/mol. The largest absolute Gasteiger partial charge is 0.489 e. The third-order valence-electron chi connectivity index (χ3n) is 1.74. The second kappa shape index (κ2) is 5.09. The van der Waals surface area contributed by atoms with Crippen LogP contribution >= 0.6 is 11.6 Å².